The first-order chi connectivity index (χ1) is 19.9. The molecule has 0 aliphatic heterocycles. The third-order valence-corrected chi connectivity index (χ3v) is 11.0. The van der Waals surface area contributed by atoms with Crippen LogP contribution in [0.5, 0.6) is 11.5 Å². The fourth-order valence-electron chi connectivity index (χ4n) is 8.86. The lowest BCUT2D eigenvalue weighted by atomic mass is 9.71. The van der Waals surface area contributed by atoms with E-state index in [1.54, 1.807) is 0 Å². The average molecular weight is 607 g/mol. The molecule has 2 aromatic carbocycles. The Morgan fingerprint density at radius 2 is 0.884 bits per heavy atom. The van der Waals surface area contributed by atoms with Gasteiger partial charge in [-0.25, -0.2) is 0 Å². The standard InChI is InChI=1S/C40H62O2S/c1-37(2,3)25-39(7,8)33-21-27(19-31(35(33)41)29-15-11-12-16-29)23-43-24-28-20-32(30-17-13-14-18-30)36(42)34(22-28)40(9,10)26-38(4,5)6/h19-22,29-30,41-42H,11-18,23-26H2,1-10H3. The summed E-state index contributed by atoms with van der Waals surface area (Å²) in [7, 11) is 0. The molecule has 2 aliphatic carbocycles. The molecule has 2 saturated carbocycles. The predicted molar refractivity (Wildman–Crippen MR) is 188 cm³/mol. The summed E-state index contributed by atoms with van der Waals surface area (Å²) in [6, 6.07) is 9.28. The molecule has 2 nitrogen and oxygen atoms in total. The third-order valence-electron chi connectivity index (χ3n) is 9.93. The van der Waals surface area contributed by atoms with Crippen molar-refractivity contribution in [1.82, 2.24) is 0 Å². The first-order valence-corrected chi connectivity index (χ1v) is 18.3. The van der Waals surface area contributed by atoms with Crippen molar-refractivity contribution in [1.29, 1.82) is 0 Å². The maximum Gasteiger partial charge on any atom is 0.122 e. The molecule has 0 spiro atoms. The molecule has 0 heterocycles. The van der Waals surface area contributed by atoms with Gasteiger partial charge in [0.05, 0.1) is 0 Å². The Balaban J connectivity index is 1.64. The minimum atomic E-state index is -0.100. The predicted octanol–water partition coefficient (Wildman–Crippen LogP) is 12.3. The molecule has 4 rings (SSSR count). The first-order valence-electron chi connectivity index (χ1n) is 17.2. The molecule has 240 valence electrons. The van der Waals surface area contributed by atoms with Crippen LogP contribution in [0.2, 0.25) is 0 Å². The monoisotopic (exact) mass is 606 g/mol. The number of thioether (sulfide) groups is 1. The van der Waals surface area contributed by atoms with E-state index in [-0.39, 0.29) is 21.7 Å². The quantitative estimate of drug-likeness (QED) is 0.283. The molecular weight excluding hydrogens is 545 g/mol. The summed E-state index contributed by atoms with van der Waals surface area (Å²) in [6.07, 6.45) is 11.9. The normalized spacial score (nSPS) is 17.7. The molecule has 43 heavy (non-hydrogen) atoms. The number of benzene rings is 2. The van der Waals surface area contributed by atoms with Crippen LogP contribution >= 0.6 is 11.8 Å². The largest absolute Gasteiger partial charge is 0.507 e. The Hall–Kier alpha value is -1.61. The lowest BCUT2D eigenvalue weighted by molar-refractivity contribution is 0.277. The summed E-state index contributed by atoms with van der Waals surface area (Å²) >= 11 is 1.98. The Morgan fingerprint density at radius 3 is 1.19 bits per heavy atom. The lowest BCUT2D eigenvalue weighted by Crippen LogP contribution is -2.25. The average Bonchev–Trinajstić information content (AvgIpc) is 3.57. The highest BCUT2D eigenvalue weighted by Crippen LogP contribution is 2.48. The number of aromatic hydroxyl groups is 2. The van der Waals surface area contributed by atoms with Crippen molar-refractivity contribution in [2.45, 2.75) is 168 Å². The Kier molecular flexibility index (Phi) is 10.4. The topological polar surface area (TPSA) is 40.5 Å². The molecule has 0 saturated heterocycles. The fourth-order valence-corrected chi connectivity index (χ4v) is 9.77. The minimum absolute atomic E-state index is 0.100. The maximum atomic E-state index is 11.6. The van der Waals surface area contributed by atoms with Gasteiger partial charge in [0.15, 0.2) is 0 Å². The number of hydrogen-bond donors (Lipinski definition) is 2. The summed E-state index contributed by atoms with van der Waals surface area (Å²) in [5.74, 6) is 3.93. The molecule has 0 radical (unpaired) electrons. The molecule has 0 aromatic heterocycles. The zero-order chi connectivity index (χ0) is 31.8. The van der Waals surface area contributed by atoms with Gasteiger partial charge in [-0.1, -0.05) is 119 Å². The van der Waals surface area contributed by atoms with Gasteiger partial charge < -0.3 is 10.2 Å². The lowest BCUT2D eigenvalue weighted by Gasteiger charge is -2.35. The Bertz CT molecular complexity index is 1150. The van der Waals surface area contributed by atoms with E-state index in [1.807, 2.05) is 11.8 Å². The molecule has 3 heteroatoms. The summed E-state index contributed by atoms with van der Waals surface area (Å²) < 4.78 is 0. The van der Waals surface area contributed by atoms with Crippen LogP contribution in [0, 0.1) is 10.8 Å². The Labute approximate surface area is 268 Å². The van der Waals surface area contributed by atoms with Gasteiger partial charge in [0, 0.05) is 22.6 Å². The molecule has 0 amide bonds. The van der Waals surface area contributed by atoms with Gasteiger partial charge in [0.25, 0.3) is 0 Å². The van der Waals surface area contributed by atoms with Crippen molar-refractivity contribution in [3.05, 3.63) is 57.6 Å². The SMILES string of the molecule is CC(C)(C)CC(C)(C)c1cc(CSCc2cc(C3CCCC3)c(O)c(C(C)(C)CC(C)(C)C)c2)cc(C2CCCC2)c1O. The van der Waals surface area contributed by atoms with Crippen LogP contribution in [0.25, 0.3) is 0 Å². The highest BCUT2D eigenvalue weighted by molar-refractivity contribution is 7.97. The maximum absolute atomic E-state index is 11.6. The summed E-state index contributed by atoms with van der Waals surface area (Å²) in [6.45, 7) is 23.1. The van der Waals surface area contributed by atoms with Crippen molar-refractivity contribution in [3.63, 3.8) is 0 Å². The van der Waals surface area contributed by atoms with Crippen molar-refractivity contribution >= 4 is 11.8 Å². The van der Waals surface area contributed by atoms with Gasteiger partial charge in [-0.3, -0.25) is 0 Å². The van der Waals surface area contributed by atoms with Crippen LogP contribution < -0.4 is 0 Å². The second kappa shape index (κ2) is 13.0. The number of phenolic OH excluding ortho intramolecular Hbond substituents is 2. The van der Waals surface area contributed by atoms with Gasteiger partial charge in [-0.05, 0) is 94.3 Å². The molecule has 2 fully saturated rings. The van der Waals surface area contributed by atoms with Crippen molar-refractivity contribution in [3.8, 4) is 11.5 Å². The van der Waals surface area contributed by atoms with Crippen LogP contribution in [0.15, 0.2) is 24.3 Å². The Morgan fingerprint density at radius 1 is 0.558 bits per heavy atom. The van der Waals surface area contributed by atoms with E-state index in [0.29, 0.717) is 23.3 Å². The molecule has 0 atom stereocenters. The van der Waals surface area contributed by atoms with Gasteiger partial charge in [0.2, 0.25) is 0 Å². The van der Waals surface area contributed by atoms with Crippen molar-refractivity contribution < 1.29 is 10.2 Å². The number of phenols is 2. The molecule has 2 aliphatic rings. The van der Waals surface area contributed by atoms with Gasteiger partial charge in [0.1, 0.15) is 11.5 Å². The molecule has 2 N–H and O–H groups in total. The number of hydrogen-bond acceptors (Lipinski definition) is 3. The van der Waals surface area contributed by atoms with Crippen molar-refractivity contribution in [2.75, 3.05) is 0 Å². The molecule has 2 aromatic rings. The van der Waals surface area contributed by atoms with E-state index < -0.39 is 0 Å². The van der Waals surface area contributed by atoms with Crippen molar-refractivity contribution in [2.24, 2.45) is 10.8 Å². The van der Waals surface area contributed by atoms with Crippen LogP contribution in [0.3, 0.4) is 0 Å². The highest BCUT2D eigenvalue weighted by Gasteiger charge is 2.34. The van der Waals surface area contributed by atoms with E-state index in [4.69, 9.17) is 0 Å². The second-order valence-electron chi connectivity index (χ2n) is 17.9. The minimum Gasteiger partial charge on any atom is -0.507 e. The molecule has 0 unspecified atom stereocenters. The van der Waals surface area contributed by atoms with E-state index in [0.717, 1.165) is 35.5 Å². The van der Waals surface area contributed by atoms with Crippen LogP contribution in [0.4, 0.5) is 0 Å². The third kappa shape index (κ3) is 8.77. The van der Waals surface area contributed by atoms with Gasteiger partial charge in [-0.15, -0.1) is 0 Å². The van der Waals surface area contributed by atoms with Crippen LogP contribution in [0.1, 0.15) is 179 Å². The van der Waals surface area contributed by atoms with E-state index >= 15 is 0 Å². The molecule has 0 bridgehead atoms. The summed E-state index contributed by atoms with van der Waals surface area (Å²) in [5.41, 5.74) is 7.47. The summed E-state index contributed by atoms with van der Waals surface area (Å²) in [4.78, 5) is 0. The summed E-state index contributed by atoms with van der Waals surface area (Å²) in [5, 5.41) is 23.3. The van der Waals surface area contributed by atoms with E-state index in [1.165, 1.54) is 73.6 Å². The highest BCUT2D eigenvalue weighted by atomic mass is 32.2. The van der Waals surface area contributed by atoms with Gasteiger partial charge in [-0.2, -0.15) is 11.8 Å². The second-order valence-corrected chi connectivity index (χ2v) is 18.8. The van der Waals surface area contributed by atoms with Crippen LogP contribution in [-0.2, 0) is 22.3 Å². The zero-order valence-corrected chi connectivity index (χ0v) is 30.1. The zero-order valence-electron chi connectivity index (χ0n) is 29.3. The fraction of sp³-hybridized carbons (Fsp3) is 0.700. The number of rotatable bonds is 10. The van der Waals surface area contributed by atoms with Crippen LogP contribution in [-0.4, -0.2) is 10.2 Å². The smallest absolute Gasteiger partial charge is 0.122 e. The molecular formula is C40H62O2S. The first kappa shape index (κ1) is 34.3. The van der Waals surface area contributed by atoms with E-state index in [2.05, 4.69) is 93.5 Å². The van der Waals surface area contributed by atoms with Gasteiger partial charge >= 0.3 is 0 Å². The van der Waals surface area contributed by atoms with E-state index in [9.17, 15) is 10.2 Å².